The molecule has 27 heavy (non-hydrogen) atoms. The minimum absolute atomic E-state index is 0.0344. The summed E-state index contributed by atoms with van der Waals surface area (Å²) in [7, 11) is 1.51. The number of carbonyl (C=O) groups excluding carboxylic acids is 1. The van der Waals surface area contributed by atoms with Crippen molar-refractivity contribution in [1.29, 1.82) is 0 Å². The molecule has 2 rings (SSSR count). The van der Waals surface area contributed by atoms with E-state index < -0.39 is 29.7 Å². The first-order valence-electron chi connectivity index (χ1n) is 8.10. The van der Waals surface area contributed by atoms with Crippen molar-refractivity contribution in [3.05, 3.63) is 45.1 Å². The van der Waals surface area contributed by atoms with E-state index in [4.69, 9.17) is 37.9 Å². The molecular weight excluding hydrogens is 392 g/mol. The highest BCUT2D eigenvalue weighted by Gasteiger charge is 2.44. The Morgan fingerprint density at radius 1 is 1.52 bits per heavy atom. The predicted molar refractivity (Wildman–Crippen MR) is 102 cm³/mol. The fraction of sp³-hybridized carbons (Fsp3) is 0.529. The molecule has 1 fully saturated rings. The first kappa shape index (κ1) is 21.4. The predicted octanol–water partition coefficient (Wildman–Crippen LogP) is 4.60. The topological polar surface area (TPSA) is 97.9 Å². The summed E-state index contributed by atoms with van der Waals surface area (Å²) in [4.78, 5) is 18.2. The smallest absolute Gasteiger partial charge is 0.302 e. The number of hydrogen-bond acceptors (Lipinski definition) is 6. The quantitative estimate of drug-likeness (QED) is 0.224. The lowest BCUT2D eigenvalue weighted by molar-refractivity contribution is -0.162. The lowest BCUT2D eigenvalue weighted by Gasteiger charge is -2.43. The maximum absolute atomic E-state index is 11.2. The zero-order chi connectivity index (χ0) is 20.0. The van der Waals surface area contributed by atoms with Gasteiger partial charge >= 0.3 is 5.97 Å². The van der Waals surface area contributed by atoms with Gasteiger partial charge in [-0.2, -0.15) is 0 Å². The number of benzene rings is 1. The van der Waals surface area contributed by atoms with E-state index in [1.54, 1.807) is 18.2 Å². The molecule has 1 saturated heterocycles. The van der Waals surface area contributed by atoms with E-state index in [1.807, 2.05) is 6.92 Å². The van der Waals surface area contributed by atoms with Crippen LogP contribution in [0.4, 0.5) is 5.69 Å². The number of halogens is 1. The van der Waals surface area contributed by atoms with Crippen molar-refractivity contribution >= 4 is 35.0 Å². The normalized spacial score (nSPS) is 27.3. The van der Waals surface area contributed by atoms with E-state index in [0.29, 0.717) is 15.6 Å². The van der Waals surface area contributed by atoms with Crippen molar-refractivity contribution in [2.75, 3.05) is 13.7 Å². The SMILES string of the molecule is [C-]#[N+]c1ccc(Cl)cc1SC1OC(COC(C)=O)[C@H](C)[C@H](N=[N+]=[N-])C1OC. The molecule has 8 nitrogen and oxygen atoms in total. The van der Waals surface area contributed by atoms with E-state index in [1.165, 1.54) is 25.8 Å². The molecule has 0 aromatic heterocycles. The number of azide groups is 1. The molecule has 0 N–H and O–H groups in total. The lowest BCUT2D eigenvalue weighted by atomic mass is 9.89. The van der Waals surface area contributed by atoms with E-state index >= 15 is 0 Å². The Morgan fingerprint density at radius 2 is 2.26 bits per heavy atom. The summed E-state index contributed by atoms with van der Waals surface area (Å²) in [6.07, 6.45) is -1.03. The second-order valence-corrected chi connectivity index (χ2v) is 7.52. The number of esters is 1. The molecule has 144 valence electrons. The second kappa shape index (κ2) is 9.83. The summed E-state index contributed by atoms with van der Waals surface area (Å²) in [6.45, 7) is 10.5. The molecule has 1 aromatic rings. The molecule has 0 aliphatic carbocycles. The Bertz CT molecular complexity index is 781. The van der Waals surface area contributed by atoms with Crippen LogP contribution in [0.2, 0.25) is 5.02 Å². The average molecular weight is 411 g/mol. The Labute approximate surface area is 166 Å². The third-order valence-corrected chi connectivity index (χ3v) is 5.66. The van der Waals surface area contributed by atoms with Gasteiger partial charge in [-0.05, 0) is 17.5 Å². The maximum atomic E-state index is 11.2. The van der Waals surface area contributed by atoms with E-state index in [2.05, 4.69) is 14.9 Å². The van der Waals surface area contributed by atoms with Crippen LogP contribution in [0.15, 0.2) is 28.2 Å². The van der Waals surface area contributed by atoms with Gasteiger partial charge in [0.2, 0.25) is 5.69 Å². The fourth-order valence-electron chi connectivity index (χ4n) is 2.82. The summed E-state index contributed by atoms with van der Waals surface area (Å²) >= 11 is 7.33. The monoisotopic (exact) mass is 410 g/mol. The molecule has 1 aliphatic heterocycles. The van der Waals surface area contributed by atoms with Crippen LogP contribution in [0.3, 0.4) is 0 Å². The van der Waals surface area contributed by atoms with Crippen LogP contribution < -0.4 is 0 Å². The minimum Gasteiger partial charge on any atom is -0.463 e. The van der Waals surface area contributed by atoms with Gasteiger partial charge in [-0.3, -0.25) is 4.79 Å². The molecule has 1 aliphatic rings. The van der Waals surface area contributed by atoms with Crippen LogP contribution in [0.5, 0.6) is 0 Å². The van der Waals surface area contributed by atoms with Gasteiger partial charge in [0.15, 0.2) is 0 Å². The van der Waals surface area contributed by atoms with E-state index in [0.717, 1.165) is 0 Å². The van der Waals surface area contributed by atoms with Crippen molar-refractivity contribution in [2.45, 2.75) is 42.4 Å². The van der Waals surface area contributed by atoms with Gasteiger partial charge in [0.25, 0.3) is 0 Å². The summed E-state index contributed by atoms with van der Waals surface area (Å²) in [5.74, 6) is -0.656. The van der Waals surface area contributed by atoms with Gasteiger partial charge in [-0.1, -0.05) is 35.8 Å². The van der Waals surface area contributed by atoms with Crippen LogP contribution >= 0.6 is 23.4 Å². The molecule has 1 aromatic carbocycles. The summed E-state index contributed by atoms with van der Waals surface area (Å²) in [6, 6.07) is 4.43. The highest BCUT2D eigenvalue weighted by molar-refractivity contribution is 8.00. The average Bonchev–Trinajstić information content (AvgIpc) is 2.63. The molecule has 5 atom stereocenters. The maximum Gasteiger partial charge on any atom is 0.302 e. The molecular formula is C17H19ClN4O4S. The van der Waals surface area contributed by atoms with Crippen molar-refractivity contribution in [3.8, 4) is 0 Å². The van der Waals surface area contributed by atoms with E-state index in [-0.39, 0.29) is 12.5 Å². The van der Waals surface area contributed by atoms with Crippen LogP contribution in [-0.2, 0) is 19.0 Å². The molecule has 0 spiro atoms. The van der Waals surface area contributed by atoms with Gasteiger partial charge in [-0.15, -0.1) is 11.8 Å². The highest BCUT2D eigenvalue weighted by atomic mass is 35.5. The molecule has 1 heterocycles. The third kappa shape index (κ3) is 5.28. The van der Waals surface area contributed by atoms with Gasteiger partial charge in [0.05, 0.1) is 18.7 Å². The number of thioether (sulfide) groups is 1. The van der Waals surface area contributed by atoms with Gasteiger partial charge < -0.3 is 14.2 Å². The first-order valence-corrected chi connectivity index (χ1v) is 9.36. The lowest BCUT2D eigenvalue weighted by Crippen LogP contribution is -2.53. The molecule has 0 radical (unpaired) electrons. The van der Waals surface area contributed by atoms with Crippen LogP contribution in [-0.4, -0.2) is 43.4 Å². The summed E-state index contributed by atoms with van der Waals surface area (Å²) < 4.78 is 16.8. The minimum atomic E-state index is -0.582. The molecule has 3 unspecified atom stereocenters. The standard InChI is InChI=1S/C17H19ClN4O4S/c1-9-13(8-25-10(2)23)26-17(16(24-4)15(9)21-22-19)27-14-7-11(18)5-6-12(14)20-3/h5-7,9,13,15-17H,8H2,1-2,4H3/t9-,13?,15-,16?,17?/m0/s1. The van der Waals surface area contributed by atoms with E-state index in [9.17, 15) is 4.79 Å². The largest absolute Gasteiger partial charge is 0.463 e. The van der Waals surface area contributed by atoms with Crippen molar-refractivity contribution in [3.63, 3.8) is 0 Å². The summed E-state index contributed by atoms with van der Waals surface area (Å²) in [5, 5.41) is 4.37. The molecule has 0 saturated carbocycles. The molecule has 0 bridgehead atoms. The zero-order valence-corrected chi connectivity index (χ0v) is 16.6. The Hall–Kier alpha value is -1.95. The summed E-state index contributed by atoms with van der Waals surface area (Å²) in [5.41, 5.74) is 8.81. The van der Waals surface area contributed by atoms with Crippen LogP contribution in [0, 0.1) is 12.5 Å². The fourth-order valence-corrected chi connectivity index (χ4v) is 4.34. The number of ether oxygens (including phenoxy) is 3. The zero-order valence-electron chi connectivity index (χ0n) is 15.0. The third-order valence-electron chi connectivity index (χ3n) is 4.23. The Balaban J connectivity index is 2.33. The highest BCUT2D eigenvalue weighted by Crippen LogP contribution is 2.42. The van der Waals surface area contributed by atoms with Crippen LogP contribution in [0.1, 0.15) is 13.8 Å². The van der Waals surface area contributed by atoms with Crippen molar-refractivity contribution in [2.24, 2.45) is 11.0 Å². The molecule has 0 amide bonds. The number of carbonyl (C=O) groups is 1. The number of methoxy groups -OCH3 is 1. The van der Waals surface area contributed by atoms with Crippen LogP contribution in [0.25, 0.3) is 15.3 Å². The molecule has 10 heteroatoms. The van der Waals surface area contributed by atoms with Gasteiger partial charge in [0, 0.05) is 28.9 Å². The van der Waals surface area contributed by atoms with Gasteiger partial charge in [-0.25, -0.2) is 4.85 Å². The van der Waals surface area contributed by atoms with Gasteiger partial charge in [0.1, 0.15) is 18.1 Å². The van der Waals surface area contributed by atoms with Crippen molar-refractivity contribution < 1.29 is 19.0 Å². The Kier molecular flexibility index (Phi) is 7.78. The Morgan fingerprint density at radius 3 is 2.85 bits per heavy atom. The first-order chi connectivity index (χ1) is 12.9. The second-order valence-electron chi connectivity index (χ2n) is 5.94. The number of hydrogen-bond donors (Lipinski definition) is 0. The number of rotatable bonds is 6. The van der Waals surface area contributed by atoms with Crippen molar-refractivity contribution in [1.82, 2.24) is 0 Å². The number of nitrogens with zero attached hydrogens (tertiary/aromatic N) is 4.